The first-order chi connectivity index (χ1) is 12.2. The molecule has 0 aromatic carbocycles. The summed E-state index contributed by atoms with van der Waals surface area (Å²) in [6.07, 6.45) is 24.3. The third-order valence-corrected chi connectivity index (χ3v) is 4.24. The molecule has 4 N–H and O–H groups in total. The van der Waals surface area contributed by atoms with Gasteiger partial charge >= 0.3 is 0 Å². The maximum atomic E-state index is 10.5. The van der Waals surface area contributed by atoms with Crippen LogP contribution in [0.1, 0.15) is 117 Å². The molecule has 0 aliphatic carbocycles. The van der Waals surface area contributed by atoms with Crippen molar-refractivity contribution in [3.63, 3.8) is 0 Å². The molecule has 150 valence electrons. The minimum Gasteiger partial charge on any atom is -0.370 e. The fourth-order valence-electron chi connectivity index (χ4n) is 2.57. The predicted molar refractivity (Wildman–Crippen MR) is 113 cm³/mol. The Morgan fingerprint density at radius 2 is 1.12 bits per heavy atom. The van der Waals surface area contributed by atoms with Gasteiger partial charge in [0.15, 0.2) is 0 Å². The number of amides is 1. The van der Waals surface area contributed by atoms with Crippen LogP contribution in [0.5, 0.6) is 0 Å². The summed E-state index contributed by atoms with van der Waals surface area (Å²) < 4.78 is 0. The van der Waals surface area contributed by atoms with Crippen molar-refractivity contribution in [2.75, 3.05) is 6.54 Å². The van der Waals surface area contributed by atoms with Gasteiger partial charge in [-0.3, -0.25) is 4.79 Å². The van der Waals surface area contributed by atoms with Crippen LogP contribution < -0.4 is 11.5 Å². The van der Waals surface area contributed by atoms with E-state index in [0.29, 0.717) is 6.42 Å². The SMILES string of the molecule is CCCCCCCC/C=C\CCCCCCCC(N)=O.CCCCN. The Morgan fingerprint density at radius 1 is 0.680 bits per heavy atom. The third-order valence-electron chi connectivity index (χ3n) is 4.24. The lowest BCUT2D eigenvalue weighted by Gasteiger charge is -1.99. The first-order valence-corrected chi connectivity index (χ1v) is 10.8. The van der Waals surface area contributed by atoms with E-state index in [9.17, 15) is 4.79 Å². The maximum Gasteiger partial charge on any atom is 0.217 e. The molecule has 0 bridgehead atoms. The van der Waals surface area contributed by atoms with Gasteiger partial charge in [-0.25, -0.2) is 0 Å². The zero-order valence-corrected chi connectivity index (χ0v) is 17.2. The van der Waals surface area contributed by atoms with Crippen molar-refractivity contribution in [3.8, 4) is 0 Å². The molecule has 0 unspecified atom stereocenters. The van der Waals surface area contributed by atoms with Crippen LogP contribution >= 0.6 is 0 Å². The molecule has 0 spiro atoms. The van der Waals surface area contributed by atoms with Crippen LogP contribution in [-0.2, 0) is 4.79 Å². The molecular weight excluding hydrogens is 308 g/mol. The number of allylic oxidation sites excluding steroid dienone is 2. The number of hydrogen-bond donors (Lipinski definition) is 2. The second kappa shape index (κ2) is 25.4. The molecule has 0 fully saturated rings. The number of unbranched alkanes of at least 4 members (excludes halogenated alkanes) is 12. The quantitative estimate of drug-likeness (QED) is 0.239. The van der Waals surface area contributed by atoms with Crippen molar-refractivity contribution < 1.29 is 4.79 Å². The smallest absolute Gasteiger partial charge is 0.217 e. The van der Waals surface area contributed by atoms with E-state index < -0.39 is 0 Å². The Morgan fingerprint density at radius 3 is 1.52 bits per heavy atom. The van der Waals surface area contributed by atoms with Gasteiger partial charge in [0.1, 0.15) is 0 Å². The van der Waals surface area contributed by atoms with Crippen LogP contribution in [0.4, 0.5) is 0 Å². The molecule has 0 aromatic heterocycles. The van der Waals surface area contributed by atoms with Gasteiger partial charge in [-0.15, -0.1) is 0 Å². The summed E-state index contributed by atoms with van der Waals surface area (Å²) in [5.41, 5.74) is 10.2. The lowest BCUT2D eigenvalue weighted by molar-refractivity contribution is -0.118. The van der Waals surface area contributed by atoms with Gasteiger partial charge in [0.05, 0.1) is 0 Å². The molecule has 3 nitrogen and oxygen atoms in total. The summed E-state index contributed by atoms with van der Waals surface area (Å²) in [5.74, 6) is -0.164. The fraction of sp³-hybridized carbons (Fsp3) is 0.864. The van der Waals surface area contributed by atoms with Crippen molar-refractivity contribution in [1.82, 2.24) is 0 Å². The molecule has 0 radical (unpaired) electrons. The third kappa shape index (κ3) is 31.5. The summed E-state index contributed by atoms with van der Waals surface area (Å²) in [4.78, 5) is 10.5. The number of carbonyl (C=O) groups is 1. The van der Waals surface area contributed by atoms with Crippen LogP contribution in [-0.4, -0.2) is 12.5 Å². The molecular formula is C22H46N2O. The second-order valence-electron chi connectivity index (χ2n) is 6.94. The number of rotatable bonds is 17. The number of nitrogens with two attached hydrogens (primary N) is 2. The zero-order valence-electron chi connectivity index (χ0n) is 17.2. The van der Waals surface area contributed by atoms with E-state index in [1.54, 1.807) is 0 Å². The van der Waals surface area contributed by atoms with Crippen molar-refractivity contribution in [2.45, 2.75) is 117 Å². The molecule has 1 amide bonds. The molecule has 0 aliphatic rings. The van der Waals surface area contributed by atoms with E-state index in [1.165, 1.54) is 83.5 Å². The van der Waals surface area contributed by atoms with E-state index in [4.69, 9.17) is 11.5 Å². The Balaban J connectivity index is 0. The topological polar surface area (TPSA) is 69.1 Å². The van der Waals surface area contributed by atoms with Crippen molar-refractivity contribution in [1.29, 1.82) is 0 Å². The van der Waals surface area contributed by atoms with Gasteiger partial charge < -0.3 is 11.5 Å². The summed E-state index contributed by atoms with van der Waals surface area (Å²) in [5, 5.41) is 0. The number of primary amides is 1. The van der Waals surface area contributed by atoms with Crippen LogP contribution in [0.25, 0.3) is 0 Å². The molecule has 0 atom stereocenters. The summed E-state index contributed by atoms with van der Waals surface area (Å²) in [6, 6.07) is 0. The second-order valence-corrected chi connectivity index (χ2v) is 6.94. The normalized spacial score (nSPS) is 10.7. The lowest BCUT2D eigenvalue weighted by atomic mass is 10.1. The van der Waals surface area contributed by atoms with Gasteiger partial charge in [0.2, 0.25) is 5.91 Å². The van der Waals surface area contributed by atoms with Crippen LogP contribution in [0.2, 0.25) is 0 Å². The maximum absolute atomic E-state index is 10.5. The Hall–Kier alpha value is -0.830. The largest absolute Gasteiger partial charge is 0.370 e. The Kier molecular flexibility index (Phi) is 26.8. The van der Waals surface area contributed by atoms with E-state index in [1.807, 2.05) is 0 Å². The molecule has 0 aromatic rings. The summed E-state index contributed by atoms with van der Waals surface area (Å²) >= 11 is 0. The van der Waals surface area contributed by atoms with Gasteiger partial charge in [0.25, 0.3) is 0 Å². The highest BCUT2D eigenvalue weighted by atomic mass is 16.1. The minimum absolute atomic E-state index is 0.164. The first kappa shape index (κ1) is 26.4. The Bertz CT molecular complexity index is 275. The van der Waals surface area contributed by atoms with Crippen molar-refractivity contribution in [2.24, 2.45) is 11.5 Å². The molecule has 25 heavy (non-hydrogen) atoms. The van der Waals surface area contributed by atoms with Crippen LogP contribution in [0.15, 0.2) is 12.2 Å². The van der Waals surface area contributed by atoms with E-state index >= 15 is 0 Å². The molecule has 0 heterocycles. The highest BCUT2D eigenvalue weighted by Crippen LogP contribution is 2.09. The van der Waals surface area contributed by atoms with Crippen molar-refractivity contribution in [3.05, 3.63) is 12.2 Å². The Labute approximate surface area is 158 Å². The average Bonchev–Trinajstić information content (AvgIpc) is 2.59. The average molecular weight is 355 g/mol. The lowest BCUT2D eigenvalue weighted by Crippen LogP contribution is -2.09. The molecule has 3 heteroatoms. The van der Waals surface area contributed by atoms with Crippen LogP contribution in [0.3, 0.4) is 0 Å². The summed E-state index contributed by atoms with van der Waals surface area (Å²) in [6.45, 7) is 5.24. The van der Waals surface area contributed by atoms with Gasteiger partial charge in [-0.2, -0.15) is 0 Å². The molecule has 0 aliphatic heterocycles. The number of hydrogen-bond acceptors (Lipinski definition) is 2. The van der Waals surface area contributed by atoms with E-state index in [-0.39, 0.29) is 5.91 Å². The minimum atomic E-state index is -0.164. The highest BCUT2D eigenvalue weighted by molar-refractivity contribution is 5.73. The van der Waals surface area contributed by atoms with Crippen molar-refractivity contribution >= 4 is 5.91 Å². The highest BCUT2D eigenvalue weighted by Gasteiger charge is 1.94. The predicted octanol–water partition coefficient (Wildman–Crippen LogP) is 6.25. The summed E-state index contributed by atoms with van der Waals surface area (Å²) in [7, 11) is 0. The van der Waals surface area contributed by atoms with Gasteiger partial charge in [0, 0.05) is 6.42 Å². The van der Waals surface area contributed by atoms with Gasteiger partial charge in [-0.1, -0.05) is 83.8 Å². The standard InChI is InChI=1S/C18H35NO.C4H11N/c1-2-3-4-5-6-7-8-9-10-11-12-13-14-15-16-17-18(19)20;1-2-3-4-5/h9-10H,2-8,11-17H2,1H3,(H2,19,20);2-5H2,1H3/b10-9-;. The molecule has 0 rings (SSSR count). The fourth-order valence-corrected chi connectivity index (χ4v) is 2.57. The van der Waals surface area contributed by atoms with E-state index in [0.717, 1.165) is 19.4 Å². The monoisotopic (exact) mass is 354 g/mol. The van der Waals surface area contributed by atoms with Gasteiger partial charge in [-0.05, 0) is 45.1 Å². The number of carbonyl (C=O) groups excluding carboxylic acids is 1. The van der Waals surface area contributed by atoms with E-state index in [2.05, 4.69) is 26.0 Å². The first-order valence-electron chi connectivity index (χ1n) is 10.8. The zero-order chi connectivity index (χ0) is 19.0. The van der Waals surface area contributed by atoms with Crippen LogP contribution in [0, 0.1) is 0 Å². The molecule has 0 saturated carbocycles. The molecule has 0 saturated heterocycles.